The van der Waals surface area contributed by atoms with Gasteiger partial charge in [0, 0.05) is 5.56 Å². The van der Waals surface area contributed by atoms with Crippen LogP contribution in [0.25, 0.3) is 16.0 Å². The van der Waals surface area contributed by atoms with E-state index in [1.807, 2.05) is 31.2 Å². The van der Waals surface area contributed by atoms with Crippen molar-refractivity contribution in [3.63, 3.8) is 0 Å². The van der Waals surface area contributed by atoms with Crippen LogP contribution in [0.5, 0.6) is 5.75 Å². The van der Waals surface area contributed by atoms with Crippen LogP contribution in [0.4, 0.5) is 9.52 Å². The number of hydrogen-bond acceptors (Lipinski definition) is 6. The first kappa shape index (κ1) is 22.7. The average Bonchev–Trinajstić information content (AvgIpc) is 3.41. The molecule has 2 heterocycles. The summed E-state index contributed by atoms with van der Waals surface area (Å²) in [7, 11) is 1.53. The zero-order valence-corrected chi connectivity index (χ0v) is 19.8. The molecule has 5 rings (SSSR count). The van der Waals surface area contributed by atoms with E-state index in [0.29, 0.717) is 27.1 Å². The third kappa shape index (κ3) is 3.95. The van der Waals surface area contributed by atoms with Crippen molar-refractivity contribution in [2.45, 2.75) is 19.4 Å². The number of fused-ring (bicyclic) bond motifs is 1. The van der Waals surface area contributed by atoms with Gasteiger partial charge in [0.2, 0.25) is 0 Å². The second kappa shape index (κ2) is 8.96. The molecular formula is C27H21FN2O4S. The maximum absolute atomic E-state index is 13.8. The van der Waals surface area contributed by atoms with Crippen LogP contribution in [-0.4, -0.2) is 28.9 Å². The first-order valence-electron chi connectivity index (χ1n) is 11.0. The van der Waals surface area contributed by atoms with Gasteiger partial charge in [-0.15, -0.1) is 0 Å². The van der Waals surface area contributed by atoms with Gasteiger partial charge in [-0.1, -0.05) is 42.5 Å². The van der Waals surface area contributed by atoms with Gasteiger partial charge in [-0.05, 0) is 60.0 Å². The van der Waals surface area contributed by atoms with Gasteiger partial charge in [0.05, 0.1) is 28.9 Å². The monoisotopic (exact) mass is 488 g/mol. The Morgan fingerprint density at radius 1 is 1.09 bits per heavy atom. The number of anilines is 1. The molecule has 0 spiro atoms. The van der Waals surface area contributed by atoms with Crippen LogP contribution in [0, 0.1) is 5.82 Å². The van der Waals surface area contributed by atoms with Gasteiger partial charge < -0.3 is 9.84 Å². The highest BCUT2D eigenvalue weighted by Gasteiger charge is 2.48. The van der Waals surface area contributed by atoms with Crippen LogP contribution >= 0.6 is 11.3 Å². The summed E-state index contributed by atoms with van der Waals surface area (Å²) in [6.45, 7) is 2.03. The minimum atomic E-state index is -0.895. The van der Waals surface area contributed by atoms with E-state index in [1.54, 1.807) is 24.3 Å². The second-order valence-electron chi connectivity index (χ2n) is 8.10. The zero-order chi connectivity index (χ0) is 24.7. The molecule has 1 aliphatic rings. The van der Waals surface area contributed by atoms with E-state index in [0.717, 1.165) is 23.3 Å². The maximum atomic E-state index is 13.8. The molecule has 1 aliphatic heterocycles. The van der Waals surface area contributed by atoms with Crippen molar-refractivity contribution < 1.29 is 23.8 Å². The van der Waals surface area contributed by atoms with Gasteiger partial charge >= 0.3 is 5.91 Å². The number of rotatable bonds is 5. The lowest BCUT2D eigenvalue weighted by Crippen LogP contribution is -2.29. The van der Waals surface area contributed by atoms with Gasteiger partial charge in [0.25, 0.3) is 5.78 Å². The molecule has 1 atom stereocenters. The van der Waals surface area contributed by atoms with Crippen molar-refractivity contribution in [1.29, 1.82) is 0 Å². The number of benzene rings is 3. The molecule has 0 bridgehead atoms. The first-order valence-corrected chi connectivity index (χ1v) is 11.8. The summed E-state index contributed by atoms with van der Waals surface area (Å²) < 4.78 is 19.5. The molecule has 0 saturated carbocycles. The Kier molecular flexibility index (Phi) is 5.82. The summed E-state index contributed by atoms with van der Waals surface area (Å²) in [4.78, 5) is 32.4. The molecule has 1 unspecified atom stereocenters. The maximum Gasteiger partial charge on any atom is 0.301 e. The minimum absolute atomic E-state index is 0.0325. The molecule has 1 amide bonds. The lowest BCUT2D eigenvalue weighted by molar-refractivity contribution is -0.132. The topological polar surface area (TPSA) is 79.7 Å². The SMILES string of the molecule is CCc1ccc(C2C(=C(O)c3ccc(OC)cc3)C(=O)C(=O)N2c2nc3ccc(F)cc3s2)cc1. The van der Waals surface area contributed by atoms with Gasteiger partial charge in [0.15, 0.2) is 5.13 Å². The molecular weight excluding hydrogens is 467 g/mol. The third-order valence-electron chi connectivity index (χ3n) is 6.06. The number of methoxy groups -OCH3 is 1. The van der Waals surface area contributed by atoms with Gasteiger partial charge in [-0.2, -0.15) is 0 Å². The Morgan fingerprint density at radius 3 is 2.46 bits per heavy atom. The van der Waals surface area contributed by atoms with E-state index in [4.69, 9.17) is 4.74 Å². The third-order valence-corrected chi connectivity index (χ3v) is 7.07. The van der Waals surface area contributed by atoms with E-state index in [-0.39, 0.29) is 16.5 Å². The summed E-state index contributed by atoms with van der Waals surface area (Å²) >= 11 is 1.12. The lowest BCUT2D eigenvalue weighted by Gasteiger charge is -2.23. The van der Waals surface area contributed by atoms with E-state index < -0.39 is 23.5 Å². The molecule has 0 aliphatic carbocycles. The number of halogens is 1. The zero-order valence-electron chi connectivity index (χ0n) is 19.0. The van der Waals surface area contributed by atoms with E-state index in [1.165, 1.54) is 30.2 Å². The molecule has 6 nitrogen and oxygen atoms in total. The molecule has 35 heavy (non-hydrogen) atoms. The molecule has 3 aromatic carbocycles. The largest absolute Gasteiger partial charge is 0.507 e. The number of aromatic nitrogens is 1. The predicted octanol–water partition coefficient (Wildman–Crippen LogP) is 5.63. The van der Waals surface area contributed by atoms with Crippen LogP contribution in [0.15, 0.2) is 72.3 Å². The van der Waals surface area contributed by atoms with Crippen molar-refractivity contribution in [3.8, 4) is 5.75 Å². The van der Waals surface area contributed by atoms with Gasteiger partial charge in [0.1, 0.15) is 17.3 Å². The standard InChI is InChI=1S/C27H21FN2O4S/c1-3-15-4-6-16(7-5-15)23-22(24(31)17-8-11-19(34-2)12-9-17)25(32)26(33)30(23)27-29-20-13-10-18(28)14-21(20)35-27/h4-14,23,31H,3H2,1-2H3. The summed E-state index contributed by atoms with van der Waals surface area (Å²) in [6.07, 6.45) is 0.829. The van der Waals surface area contributed by atoms with Gasteiger partial charge in [-0.25, -0.2) is 9.37 Å². The Hall–Kier alpha value is -4.04. The number of nitrogens with zero attached hydrogens (tertiary/aromatic N) is 2. The number of amides is 1. The number of aliphatic hydroxyl groups excluding tert-OH is 1. The number of aryl methyl sites for hydroxylation is 1. The van der Waals surface area contributed by atoms with E-state index in [2.05, 4.69) is 4.98 Å². The number of thiazole rings is 1. The fourth-order valence-corrected chi connectivity index (χ4v) is 5.19. The smallest absolute Gasteiger partial charge is 0.301 e. The number of hydrogen-bond donors (Lipinski definition) is 1. The summed E-state index contributed by atoms with van der Waals surface area (Å²) in [5, 5.41) is 11.5. The van der Waals surface area contributed by atoms with Crippen molar-refractivity contribution in [3.05, 3.63) is 94.8 Å². The highest BCUT2D eigenvalue weighted by molar-refractivity contribution is 7.22. The number of carbonyl (C=O) groups is 2. The normalized spacial score (nSPS) is 17.3. The average molecular weight is 489 g/mol. The molecule has 1 fully saturated rings. The molecule has 4 aromatic rings. The lowest BCUT2D eigenvalue weighted by atomic mass is 9.94. The highest BCUT2D eigenvalue weighted by atomic mass is 32.1. The van der Waals surface area contributed by atoms with E-state index in [9.17, 15) is 19.1 Å². The number of aliphatic hydroxyl groups is 1. The summed E-state index contributed by atoms with van der Waals surface area (Å²) in [5.41, 5.74) is 2.61. The fraction of sp³-hybridized carbons (Fsp3) is 0.148. The summed E-state index contributed by atoms with van der Waals surface area (Å²) in [6, 6.07) is 17.4. The number of carbonyl (C=O) groups excluding carboxylic acids is 2. The van der Waals surface area contributed by atoms with Gasteiger partial charge in [-0.3, -0.25) is 14.5 Å². The molecule has 1 saturated heterocycles. The number of Topliss-reactive ketones (excluding diaryl/α,β-unsaturated/α-hetero) is 1. The van der Waals surface area contributed by atoms with Crippen molar-refractivity contribution in [1.82, 2.24) is 4.98 Å². The van der Waals surface area contributed by atoms with Crippen LogP contribution in [0.2, 0.25) is 0 Å². The van der Waals surface area contributed by atoms with Crippen molar-refractivity contribution >= 4 is 44.1 Å². The Morgan fingerprint density at radius 2 is 1.80 bits per heavy atom. The number of ether oxygens (including phenoxy) is 1. The predicted molar refractivity (Wildman–Crippen MR) is 133 cm³/mol. The molecule has 1 N–H and O–H groups in total. The molecule has 8 heteroatoms. The number of ketones is 1. The van der Waals surface area contributed by atoms with Crippen LogP contribution in [0.3, 0.4) is 0 Å². The molecule has 1 aromatic heterocycles. The Bertz CT molecular complexity index is 1480. The van der Waals surface area contributed by atoms with E-state index >= 15 is 0 Å². The quantitative estimate of drug-likeness (QED) is 0.224. The first-order chi connectivity index (χ1) is 16.9. The minimum Gasteiger partial charge on any atom is -0.507 e. The Labute approximate surface area is 204 Å². The highest BCUT2D eigenvalue weighted by Crippen LogP contribution is 2.44. The Balaban J connectivity index is 1.70. The molecule has 0 radical (unpaired) electrons. The second-order valence-corrected chi connectivity index (χ2v) is 9.11. The van der Waals surface area contributed by atoms with Crippen LogP contribution < -0.4 is 9.64 Å². The van der Waals surface area contributed by atoms with Crippen molar-refractivity contribution in [2.75, 3.05) is 12.0 Å². The fourth-order valence-electron chi connectivity index (χ4n) is 4.17. The molecule has 176 valence electrons. The summed E-state index contributed by atoms with van der Waals surface area (Å²) in [5.74, 6) is -1.72. The van der Waals surface area contributed by atoms with Crippen LogP contribution in [-0.2, 0) is 16.0 Å². The van der Waals surface area contributed by atoms with Crippen LogP contribution in [0.1, 0.15) is 29.7 Å². The van der Waals surface area contributed by atoms with Crippen molar-refractivity contribution in [2.24, 2.45) is 0 Å².